The smallest absolute Gasteiger partial charge is 0.306 e. The normalized spacial score (nSPS) is 12.9. The summed E-state index contributed by atoms with van der Waals surface area (Å²) in [5, 5.41) is 17.5. The summed E-state index contributed by atoms with van der Waals surface area (Å²) < 4.78 is 4.90. The Morgan fingerprint density at radius 2 is 2.00 bits per heavy atom. The average molecular weight is 204 g/mol. The Bertz CT molecular complexity index is 156. The van der Waals surface area contributed by atoms with E-state index in [1.54, 1.807) is 6.92 Å². The van der Waals surface area contributed by atoms with Crippen molar-refractivity contribution in [1.29, 1.82) is 0 Å². The van der Waals surface area contributed by atoms with E-state index < -0.39 is 12.2 Å². The van der Waals surface area contributed by atoms with Crippen LogP contribution >= 0.6 is 0 Å². The van der Waals surface area contributed by atoms with Crippen LogP contribution in [0.2, 0.25) is 0 Å². The number of carbonyl (C=O) groups excluding carboxylic acids is 1. The molecule has 0 saturated carbocycles. The third-order valence-electron chi connectivity index (χ3n) is 2.01. The second-order valence-corrected chi connectivity index (χ2v) is 3.52. The van der Waals surface area contributed by atoms with Gasteiger partial charge in [0.1, 0.15) is 0 Å². The summed E-state index contributed by atoms with van der Waals surface area (Å²) in [7, 11) is 0. The van der Waals surface area contributed by atoms with E-state index in [9.17, 15) is 4.79 Å². The molecule has 0 fully saturated rings. The highest BCUT2D eigenvalue weighted by Crippen LogP contribution is 2.07. The molecule has 4 heteroatoms. The van der Waals surface area contributed by atoms with E-state index >= 15 is 0 Å². The van der Waals surface area contributed by atoms with Gasteiger partial charge in [0, 0.05) is 5.92 Å². The van der Waals surface area contributed by atoms with Gasteiger partial charge in [0.15, 0.2) is 6.29 Å². The Labute approximate surface area is 84.9 Å². The molecular formula is C10H20O4. The van der Waals surface area contributed by atoms with E-state index in [-0.39, 0.29) is 12.4 Å². The van der Waals surface area contributed by atoms with Gasteiger partial charge in [-0.2, -0.15) is 0 Å². The highest BCUT2D eigenvalue weighted by molar-refractivity contribution is 5.69. The Kier molecular flexibility index (Phi) is 7.42. The van der Waals surface area contributed by atoms with Crippen LogP contribution in [0, 0.1) is 5.92 Å². The molecule has 84 valence electrons. The van der Waals surface area contributed by atoms with E-state index in [4.69, 9.17) is 14.9 Å². The Morgan fingerprint density at radius 1 is 1.36 bits per heavy atom. The highest BCUT2D eigenvalue weighted by Gasteiger charge is 2.15. The van der Waals surface area contributed by atoms with E-state index in [0.717, 1.165) is 19.3 Å². The molecule has 0 aliphatic carbocycles. The summed E-state index contributed by atoms with van der Waals surface area (Å²) in [4.78, 5) is 11.1. The van der Waals surface area contributed by atoms with Crippen molar-refractivity contribution in [1.82, 2.24) is 0 Å². The third kappa shape index (κ3) is 6.86. The molecule has 1 unspecified atom stereocenters. The van der Waals surface area contributed by atoms with Crippen LogP contribution in [0.5, 0.6) is 0 Å². The van der Waals surface area contributed by atoms with Gasteiger partial charge in [-0.1, -0.05) is 26.7 Å². The van der Waals surface area contributed by atoms with Crippen LogP contribution in [-0.2, 0) is 9.53 Å². The van der Waals surface area contributed by atoms with E-state index in [1.165, 1.54) is 0 Å². The Hall–Kier alpha value is -0.610. The number of carbonyl (C=O) groups is 1. The summed E-state index contributed by atoms with van der Waals surface area (Å²) in [6, 6.07) is 0. The molecule has 0 aliphatic rings. The SMILES string of the molecule is CCCCCOC(=O)CC(C)C(O)O. The van der Waals surface area contributed by atoms with Crippen LogP contribution < -0.4 is 0 Å². The second kappa shape index (κ2) is 7.76. The lowest BCUT2D eigenvalue weighted by molar-refractivity contribution is -0.149. The van der Waals surface area contributed by atoms with Crippen molar-refractivity contribution >= 4 is 5.97 Å². The fourth-order valence-corrected chi connectivity index (χ4v) is 0.965. The maximum Gasteiger partial charge on any atom is 0.306 e. The molecule has 0 saturated heterocycles. The summed E-state index contributed by atoms with van der Waals surface area (Å²) in [6.07, 6.45) is 1.62. The minimum absolute atomic E-state index is 0.0593. The fraction of sp³-hybridized carbons (Fsp3) is 0.900. The standard InChI is InChI=1S/C10H20O4/c1-3-4-5-6-14-9(11)7-8(2)10(12)13/h8,10,12-13H,3-7H2,1-2H3. The number of aliphatic hydroxyl groups is 2. The van der Waals surface area contributed by atoms with Gasteiger partial charge < -0.3 is 14.9 Å². The van der Waals surface area contributed by atoms with Crippen molar-refractivity contribution in [3.05, 3.63) is 0 Å². The number of rotatable bonds is 7. The molecule has 0 aromatic heterocycles. The second-order valence-electron chi connectivity index (χ2n) is 3.52. The first-order chi connectivity index (χ1) is 6.57. The van der Waals surface area contributed by atoms with Crippen molar-refractivity contribution in [3.8, 4) is 0 Å². The van der Waals surface area contributed by atoms with Crippen molar-refractivity contribution in [3.63, 3.8) is 0 Å². The summed E-state index contributed by atoms with van der Waals surface area (Å²) in [6.45, 7) is 4.10. The first-order valence-electron chi connectivity index (χ1n) is 5.09. The van der Waals surface area contributed by atoms with Crippen LogP contribution in [0.4, 0.5) is 0 Å². The lowest BCUT2D eigenvalue weighted by Gasteiger charge is -2.12. The minimum Gasteiger partial charge on any atom is -0.466 e. The largest absolute Gasteiger partial charge is 0.466 e. The van der Waals surface area contributed by atoms with Gasteiger partial charge in [0.25, 0.3) is 0 Å². The molecule has 1 atom stereocenters. The van der Waals surface area contributed by atoms with Gasteiger partial charge in [-0.3, -0.25) is 4.79 Å². The molecular weight excluding hydrogens is 184 g/mol. The van der Waals surface area contributed by atoms with Gasteiger partial charge in [-0.15, -0.1) is 0 Å². The lowest BCUT2D eigenvalue weighted by Crippen LogP contribution is -2.21. The summed E-state index contributed by atoms with van der Waals surface area (Å²) in [5.41, 5.74) is 0. The predicted octanol–water partition coefficient (Wildman–Crippen LogP) is 1.06. The minimum atomic E-state index is -1.45. The van der Waals surface area contributed by atoms with Crippen molar-refractivity contribution in [2.24, 2.45) is 5.92 Å². The van der Waals surface area contributed by atoms with Gasteiger partial charge in [-0.05, 0) is 6.42 Å². The maximum atomic E-state index is 11.1. The molecule has 0 heterocycles. The topological polar surface area (TPSA) is 66.8 Å². The van der Waals surface area contributed by atoms with E-state index in [1.807, 2.05) is 0 Å². The Balaban J connectivity index is 3.45. The molecule has 4 nitrogen and oxygen atoms in total. The van der Waals surface area contributed by atoms with Crippen LogP contribution in [0.15, 0.2) is 0 Å². The number of aliphatic hydroxyl groups excluding tert-OH is 1. The predicted molar refractivity (Wildman–Crippen MR) is 52.5 cm³/mol. The fourth-order valence-electron chi connectivity index (χ4n) is 0.965. The quantitative estimate of drug-likeness (QED) is 0.369. The van der Waals surface area contributed by atoms with Crippen LogP contribution in [0.1, 0.15) is 39.5 Å². The van der Waals surface area contributed by atoms with Gasteiger partial charge in [0.2, 0.25) is 0 Å². The third-order valence-corrected chi connectivity index (χ3v) is 2.01. The highest BCUT2D eigenvalue weighted by atomic mass is 16.5. The molecule has 0 rings (SSSR count). The monoisotopic (exact) mass is 204 g/mol. The zero-order chi connectivity index (χ0) is 11.0. The molecule has 2 N–H and O–H groups in total. The average Bonchev–Trinajstić information content (AvgIpc) is 2.12. The van der Waals surface area contributed by atoms with Gasteiger partial charge >= 0.3 is 5.97 Å². The maximum absolute atomic E-state index is 11.1. The number of ether oxygens (including phenoxy) is 1. The number of hydrogen-bond acceptors (Lipinski definition) is 4. The van der Waals surface area contributed by atoms with E-state index in [0.29, 0.717) is 6.61 Å². The number of unbranched alkanes of at least 4 members (excludes halogenated alkanes) is 2. The van der Waals surface area contributed by atoms with Gasteiger partial charge in [-0.25, -0.2) is 0 Å². The Morgan fingerprint density at radius 3 is 2.50 bits per heavy atom. The lowest BCUT2D eigenvalue weighted by atomic mass is 10.1. The van der Waals surface area contributed by atoms with Crippen LogP contribution in [-0.4, -0.2) is 29.1 Å². The summed E-state index contributed by atoms with van der Waals surface area (Å²) >= 11 is 0. The van der Waals surface area contributed by atoms with E-state index in [2.05, 4.69) is 6.92 Å². The van der Waals surface area contributed by atoms with Crippen LogP contribution in [0.25, 0.3) is 0 Å². The van der Waals surface area contributed by atoms with Crippen molar-refractivity contribution in [2.45, 2.75) is 45.8 Å². The zero-order valence-electron chi connectivity index (χ0n) is 8.90. The van der Waals surface area contributed by atoms with Gasteiger partial charge in [0.05, 0.1) is 13.0 Å². The molecule has 0 radical (unpaired) electrons. The first kappa shape index (κ1) is 13.4. The molecule has 0 amide bonds. The number of esters is 1. The molecule has 14 heavy (non-hydrogen) atoms. The molecule has 0 aromatic rings. The van der Waals surface area contributed by atoms with Crippen molar-refractivity contribution in [2.75, 3.05) is 6.61 Å². The molecule has 0 aliphatic heterocycles. The van der Waals surface area contributed by atoms with Crippen LogP contribution in [0.3, 0.4) is 0 Å². The number of hydrogen-bond donors (Lipinski definition) is 2. The molecule has 0 bridgehead atoms. The molecule has 0 spiro atoms. The molecule has 0 aromatic carbocycles. The summed E-state index contributed by atoms with van der Waals surface area (Å²) in [5.74, 6) is -0.824. The first-order valence-corrected chi connectivity index (χ1v) is 5.09. The zero-order valence-corrected chi connectivity index (χ0v) is 8.90. The van der Waals surface area contributed by atoms with Crippen molar-refractivity contribution < 1.29 is 19.7 Å².